The van der Waals surface area contributed by atoms with Crippen molar-refractivity contribution in [2.24, 2.45) is 52.3 Å². The van der Waals surface area contributed by atoms with E-state index in [0.29, 0.717) is 54.0 Å². The van der Waals surface area contributed by atoms with Crippen LogP contribution in [0.5, 0.6) is 0 Å². The van der Waals surface area contributed by atoms with Crippen molar-refractivity contribution in [2.75, 3.05) is 6.61 Å². The van der Waals surface area contributed by atoms with Crippen LogP contribution in [0.4, 0.5) is 0 Å². The average molecular weight is 491 g/mol. The zero-order valence-electron chi connectivity index (χ0n) is 22.6. The van der Waals surface area contributed by atoms with E-state index in [9.17, 15) is 19.8 Å². The second-order valence-electron chi connectivity index (χ2n) is 13.3. The molecule has 10 atom stereocenters. The lowest BCUT2D eigenvalue weighted by Crippen LogP contribution is -2.57. The van der Waals surface area contributed by atoms with E-state index in [2.05, 4.69) is 27.7 Å². The molecule has 0 saturated heterocycles. The van der Waals surface area contributed by atoms with Crippen molar-refractivity contribution in [3.63, 3.8) is 0 Å². The van der Waals surface area contributed by atoms with Gasteiger partial charge in [-0.25, -0.2) is 0 Å². The monoisotopic (exact) mass is 490 g/mol. The van der Waals surface area contributed by atoms with Gasteiger partial charge in [0.05, 0.1) is 12.7 Å². The summed E-state index contributed by atoms with van der Waals surface area (Å²) in [5, 5.41) is 19.9. The van der Waals surface area contributed by atoms with Crippen molar-refractivity contribution in [3.05, 3.63) is 0 Å². The standard InChI is InChI=1S/C30H50O5/c1-5-6-15-35-28(34)18-21-17-22(31)16-20-8-9-23-25-11-10-24(19(2)7-12-27(32)33)29(25,3)14-13-26(23)30(20,21)4/h19-26,31H,5-18H2,1-4H3,(H,32,33)/t19-,20?,21?,22+,23+,24-,25+,26+,29-,30-/m1/s1. The highest BCUT2D eigenvalue weighted by molar-refractivity contribution is 5.69. The lowest BCUT2D eigenvalue weighted by molar-refractivity contribution is -0.170. The number of aliphatic hydroxyl groups excluding tert-OH is 1. The normalized spacial score (nSPS) is 43.5. The Kier molecular flexibility index (Phi) is 8.25. The van der Waals surface area contributed by atoms with Crippen molar-refractivity contribution >= 4 is 11.9 Å². The van der Waals surface area contributed by atoms with Gasteiger partial charge in [-0.3, -0.25) is 9.59 Å². The molecule has 2 unspecified atom stereocenters. The van der Waals surface area contributed by atoms with Gasteiger partial charge in [0.1, 0.15) is 0 Å². The van der Waals surface area contributed by atoms with Gasteiger partial charge >= 0.3 is 11.9 Å². The van der Waals surface area contributed by atoms with Crippen LogP contribution < -0.4 is 0 Å². The van der Waals surface area contributed by atoms with Gasteiger partial charge in [0.2, 0.25) is 0 Å². The van der Waals surface area contributed by atoms with Gasteiger partial charge in [-0.15, -0.1) is 0 Å². The highest BCUT2D eigenvalue weighted by atomic mass is 16.5. The summed E-state index contributed by atoms with van der Waals surface area (Å²) in [6.07, 6.45) is 12.1. The number of carbonyl (C=O) groups excluding carboxylic acids is 1. The summed E-state index contributed by atoms with van der Waals surface area (Å²) in [5.41, 5.74) is 0.408. The van der Waals surface area contributed by atoms with E-state index in [4.69, 9.17) is 4.74 Å². The number of rotatable bonds is 9. The van der Waals surface area contributed by atoms with Crippen molar-refractivity contribution < 1.29 is 24.5 Å². The fourth-order valence-electron chi connectivity index (χ4n) is 9.91. The number of aliphatic carboxylic acids is 1. The molecule has 5 nitrogen and oxygen atoms in total. The van der Waals surface area contributed by atoms with E-state index in [0.717, 1.165) is 32.1 Å². The van der Waals surface area contributed by atoms with Gasteiger partial charge in [0.15, 0.2) is 0 Å². The molecule has 0 aliphatic heterocycles. The number of hydrogen-bond donors (Lipinski definition) is 2. The first kappa shape index (κ1) is 26.9. The number of carboxylic acid groups (broad SMARTS) is 1. The highest BCUT2D eigenvalue weighted by Gasteiger charge is 2.62. The Morgan fingerprint density at radius 2 is 1.83 bits per heavy atom. The van der Waals surface area contributed by atoms with Crippen molar-refractivity contribution in [1.29, 1.82) is 0 Å². The van der Waals surface area contributed by atoms with Gasteiger partial charge in [-0.2, -0.15) is 0 Å². The Balaban J connectivity index is 1.52. The molecular formula is C30H50O5. The number of carboxylic acids is 1. The molecule has 0 bridgehead atoms. The first-order valence-electron chi connectivity index (χ1n) is 14.7. The molecule has 0 aromatic carbocycles. The third kappa shape index (κ3) is 5.05. The molecular weight excluding hydrogens is 440 g/mol. The topological polar surface area (TPSA) is 83.8 Å². The molecule has 4 rings (SSSR count). The van der Waals surface area contributed by atoms with Crippen LogP contribution in [0.3, 0.4) is 0 Å². The summed E-state index contributed by atoms with van der Waals surface area (Å²) >= 11 is 0. The van der Waals surface area contributed by atoms with Crippen LogP contribution in [-0.2, 0) is 14.3 Å². The summed E-state index contributed by atoms with van der Waals surface area (Å²) < 4.78 is 5.58. The van der Waals surface area contributed by atoms with Crippen LogP contribution in [0.2, 0.25) is 0 Å². The number of unbranched alkanes of at least 4 members (excludes halogenated alkanes) is 1. The minimum Gasteiger partial charge on any atom is -0.481 e. The van der Waals surface area contributed by atoms with Crippen LogP contribution in [0, 0.1) is 52.3 Å². The molecule has 4 aliphatic carbocycles. The van der Waals surface area contributed by atoms with E-state index in [1.807, 2.05) is 0 Å². The number of carbonyl (C=O) groups is 2. The molecule has 4 aliphatic rings. The Labute approximate surface area is 212 Å². The number of ether oxygens (including phenoxy) is 1. The molecule has 0 radical (unpaired) electrons. The minimum absolute atomic E-state index is 0.0755. The molecule has 4 saturated carbocycles. The maximum absolute atomic E-state index is 12.8. The minimum atomic E-state index is -0.676. The number of esters is 1. The molecule has 2 N–H and O–H groups in total. The van der Waals surface area contributed by atoms with Crippen LogP contribution in [0.25, 0.3) is 0 Å². The Morgan fingerprint density at radius 3 is 2.54 bits per heavy atom. The van der Waals surface area contributed by atoms with Crippen molar-refractivity contribution in [1.82, 2.24) is 0 Å². The largest absolute Gasteiger partial charge is 0.481 e. The third-order valence-electron chi connectivity index (χ3n) is 11.7. The summed E-state index contributed by atoms with van der Waals surface area (Å²) in [6.45, 7) is 9.89. The lowest BCUT2D eigenvalue weighted by Gasteiger charge is -2.63. The summed E-state index contributed by atoms with van der Waals surface area (Å²) in [4.78, 5) is 24.0. The van der Waals surface area contributed by atoms with Crippen LogP contribution in [0.15, 0.2) is 0 Å². The van der Waals surface area contributed by atoms with Crippen LogP contribution in [-0.4, -0.2) is 34.9 Å². The molecule has 0 aromatic heterocycles. The maximum atomic E-state index is 12.8. The van der Waals surface area contributed by atoms with Crippen molar-refractivity contribution in [2.45, 2.75) is 117 Å². The van der Waals surface area contributed by atoms with Gasteiger partial charge in [-0.05, 0) is 116 Å². The molecule has 0 heterocycles. The zero-order chi connectivity index (χ0) is 25.4. The molecule has 200 valence electrons. The fraction of sp³-hybridized carbons (Fsp3) is 0.933. The summed E-state index contributed by atoms with van der Waals surface area (Å²) in [5.74, 6) is 3.05. The SMILES string of the molecule is CCCCOC(=O)CC1C[C@@H](O)CC2CC[C@@H]3[C@H](CC[C@]4(C)[C@@H]([C@H](C)CCC(=O)O)CC[C@@H]34)[C@]21C. The quantitative estimate of drug-likeness (QED) is 0.286. The zero-order valence-corrected chi connectivity index (χ0v) is 22.6. The van der Waals surface area contributed by atoms with E-state index in [1.54, 1.807) is 0 Å². The Morgan fingerprint density at radius 1 is 1.06 bits per heavy atom. The second-order valence-corrected chi connectivity index (χ2v) is 13.3. The third-order valence-corrected chi connectivity index (χ3v) is 11.7. The first-order chi connectivity index (χ1) is 16.6. The van der Waals surface area contributed by atoms with Gasteiger partial charge in [0.25, 0.3) is 0 Å². The van der Waals surface area contributed by atoms with E-state index >= 15 is 0 Å². The van der Waals surface area contributed by atoms with E-state index < -0.39 is 5.97 Å². The summed E-state index contributed by atoms with van der Waals surface area (Å²) in [7, 11) is 0. The van der Waals surface area contributed by atoms with Crippen LogP contribution >= 0.6 is 0 Å². The molecule has 35 heavy (non-hydrogen) atoms. The number of aliphatic hydroxyl groups is 1. The predicted octanol–water partition coefficient (Wildman–Crippen LogP) is 6.47. The van der Waals surface area contributed by atoms with Gasteiger partial charge < -0.3 is 14.9 Å². The first-order valence-corrected chi connectivity index (χ1v) is 14.7. The number of hydrogen-bond acceptors (Lipinski definition) is 4. The van der Waals surface area contributed by atoms with Gasteiger partial charge in [0, 0.05) is 12.8 Å². The lowest BCUT2D eigenvalue weighted by atomic mass is 9.42. The second kappa shape index (κ2) is 10.7. The average Bonchev–Trinajstić information content (AvgIpc) is 3.16. The summed E-state index contributed by atoms with van der Waals surface area (Å²) in [6, 6.07) is 0. The molecule has 0 spiro atoms. The smallest absolute Gasteiger partial charge is 0.306 e. The Hall–Kier alpha value is -1.10. The predicted molar refractivity (Wildman–Crippen MR) is 137 cm³/mol. The molecule has 0 aromatic rings. The highest BCUT2D eigenvalue weighted by Crippen LogP contribution is 2.69. The number of fused-ring (bicyclic) bond motifs is 5. The van der Waals surface area contributed by atoms with Crippen molar-refractivity contribution in [3.8, 4) is 0 Å². The fourth-order valence-corrected chi connectivity index (χ4v) is 9.91. The Bertz CT molecular complexity index is 766. The maximum Gasteiger partial charge on any atom is 0.306 e. The molecule has 0 amide bonds. The molecule has 5 heteroatoms. The van der Waals surface area contributed by atoms with Gasteiger partial charge in [-0.1, -0.05) is 34.1 Å². The van der Waals surface area contributed by atoms with Crippen LogP contribution in [0.1, 0.15) is 111 Å². The molecule has 4 fully saturated rings. The van der Waals surface area contributed by atoms with E-state index in [-0.39, 0.29) is 29.8 Å². The van der Waals surface area contributed by atoms with E-state index in [1.165, 1.54) is 38.5 Å².